The van der Waals surface area contributed by atoms with E-state index >= 15 is 0 Å². The highest BCUT2D eigenvalue weighted by Gasteiger charge is 2.40. The lowest BCUT2D eigenvalue weighted by atomic mass is 9.82. The highest BCUT2D eigenvalue weighted by molar-refractivity contribution is 7.07. The summed E-state index contributed by atoms with van der Waals surface area (Å²) in [5, 5.41) is 9.40. The molecule has 0 amide bonds. The normalized spacial score (nSPS) is 23.6. The van der Waals surface area contributed by atoms with Crippen molar-refractivity contribution in [1.29, 1.82) is 0 Å². The molecular weight excluding hydrogens is 248 g/mol. The fourth-order valence-electron chi connectivity index (χ4n) is 2.59. The molecule has 0 bridgehead atoms. The number of hydrogen-bond donors (Lipinski definition) is 1. The molecule has 0 aromatic carbocycles. The van der Waals surface area contributed by atoms with Crippen molar-refractivity contribution in [2.75, 3.05) is 13.1 Å². The molecule has 2 aromatic rings. The van der Waals surface area contributed by atoms with Gasteiger partial charge < -0.3 is 9.84 Å². The summed E-state index contributed by atoms with van der Waals surface area (Å²) in [7, 11) is 0. The molecule has 5 nitrogen and oxygen atoms in total. The molecule has 1 aliphatic heterocycles. The highest BCUT2D eigenvalue weighted by Crippen LogP contribution is 2.35. The van der Waals surface area contributed by atoms with Gasteiger partial charge in [0.1, 0.15) is 5.69 Å². The minimum Gasteiger partial charge on any atom is -0.338 e. The number of aromatic nitrogens is 3. The maximum Gasteiger partial charge on any atom is 0.234 e. The van der Waals surface area contributed by atoms with E-state index in [1.54, 1.807) is 16.8 Å². The Balaban J connectivity index is 1.92. The largest absolute Gasteiger partial charge is 0.338 e. The SMILES string of the molecule is CCCC1(c2nc(-c3cscn3)no2)CCNC1. The summed E-state index contributed by atoms with van der Waals surface area (Å²) in [6.45, 7) is 4.14. The molecule has 96 valence electrons. The van der Waals surface area contributed by atoms with E-state index in [0.717, 1.165) is 43.9 Å². The summed E-state index contributed by atoms with van der Waals surface area (Å²) in [6, 6.07) is 0. The van der Waals surface area contributed by atoms with Crippen LogP contribution in [0.5, 0.6) is 0 Å². The van der Waals surface area contributed by atoms with Gasteiger partial charge in [0.15, 0.2) is 0 Å². The van der Waals surface area contributed by atoms with Crippen LogP contribution < -0.4 is 5.32 Å². The summed E-state index contributed by atoms with van der Waals surface area (Å²) in [6.07, 6.45) is 3.27. The second-order valence-electron chi connectivity index (χ2n) is 4.75. The van der Waals surface area contributed by atoms with Crippen molar-refractivity contribution in [1.82, 2.24) is 20.4 Å². The Morgan fingerprint density at radius 3 is 3.17 bits per heavy atom. The van der Waals surface area contributed by atoms with Gasteiger partial charge in [0.25, 0.3) is 0 Å². The van der Waals surface area contributed by atoms with Crippen molar-refractivity contribution in [3.63, 3.8) is 0 Å². The number of rotatable bonds is 4. The zero-order valence-corrected chi connectivity index (χ0v) is 11.2. The van der Waals surface area contributed by atoms with Crippen LogP contribution in [0.2, 0.25) is 0 Å². The van der Waals surface area contributed by atoms with Gasteiger partial charge in [0.2, 0.25) is 11.7 Å². The third-order valence-electron chi connectivity index (χ3n) is 3.51. The second kappa shape index (κ2) is 4.78. The van der Waals surface area contributed by atoms with Gasteiger partial charge in [0, 0.05) is 11.9 Å². The number of nitrogens with zero attached hydrogens (tertiary/aromatic N) is 3. The van der Waals surface area contributed by atoms with E-state index in [1.165, 1.54) is 0 Å². The van der Waals surface area contributed by atoms with Gasteiger partial charge in [-0.15, -0.1) is 11.3 Å². The average molecular weight is 264 g/mol. The molecule has 1 N–H and O–H groups in total. The number of thiazole rings is 1. The Bertz CT molecular complexity index is 502. The maximum absolute atomic E-state index is 5.49. The van der Waals surface area contributed by atoms with E-state index in [9.17, 15) is 0 Å². The van der Waals surface area contributed by atoms with E-state index in [0.29, 0.717) is 5.82 Å². The summed E-state index contributed by atoms with van der Waals surface area (Å²) in [4.78, 5) is 8.76. The molecule has 1 fully saturated rings. The summed E-state index contributed by atoms with van der Waals surface area (Å²) >= 11 is 1.54. The minimum absolute atomic E-state index is 0.0238. The van der Waals surface area contributed by atoms with Crippen molar-refractivity contribution in [3.8, 4) is 11.5 Å². The van der Waals surface area contributed by atoms with E-state index in [4.69, 9.17) is 4.52 Å². The first-order valence-electron chi connectivity index (χ1n) is 6.27. The zero-order valence-electron chi connectivity index (χ0n) is 10.3. The fourth-order valence-corrected chi connectivity index (χ4v) is 3.12. The molecule has 6 heteroatoms. The molecule has 1 unspecified atom stereocenters. The van der Waals surface area contributed by atoms with Gasteiger partial charge in [-0.3, -0.25) is 0 Å². The molecule has 0 spiro atoms. The van der Waals surface area contributed by atoms with Gasteiger partial charge in [-0.05, 0) is 19.4 Å². The molecule has 1 atom stereocenters. The maximum atomic E-state index is 5.49. The Morgan fingerprint density at radius 1 is 1.56 bits per heavy atom. The lowest BCUT2D eigenvalue weighted by molar-refractivity contribution is 0.277. The van der Waals surface area contributed by atoms with Crippen molar-refractivity contribution < 1.29 is 4.52 Å². The summed E-state index contributed by atoms with van der Waals surface area (Å²) in [5.41, 5.74) is 2.60. The quantitative estimate of drug-likeness (QED) is 0.917. The van der Waals surface area contributed by atoms with Gasteiger partial charge >= 0.3 is 0 Å². The third-order valence-corrected chi connectivity index (χ3v) is 4.10. The predicted octanol–water partition coefficient (Wildman–Crippen LogP) is 2.22. The standard InChI is InChI=1S/C12H16N4OS/c1-2-3-12(4-5-13-7-12)11-15-10(16-17-11)9-6-18-8-14-9/h6,8,13H,2-5,7H2,1H3. The molecule has 18 heavy (non-hydrogen) atoms. The molecule has 2 aromatic heterocycles. The van der Waals surface area contributed by atoms with Gasteiger partial charge in [-0.1, -0.05) is 18.5 Å². The Hall–Kier alpha value is -1.27. The van der Waals surface area contributed by atoms with Gasteiger partial charge in [0.05, 0.1) is 10.9 Å². The van der Waals surface area contributed by atoms with Gasteiger partial charge in [-0.25, -0.2) is 4.98 Å². The van der Waals surface area contributed by atoms with Gasteiger partial charge in [-0.2, -0.15) is 4.98 Å². The van der Waals surface area contributed by atoms with E-state index in [-0.39, 0.29) is 5.41 Å². The summed E-state index contributed by atoms with van der Waals surface area (Å²) in [5.74, 6) is 1.37. The number of hydrogen-bond acceptors (Lipinski definition) is 6. The molecule has 3 rings (SSSR count). The van der Waals surface area contributed by atoms with Crippen molar-refractivity contribution in [2.45, 2.75) is 31.6 Å². The lowest BCUT2D eigenvalue weighted by Crippen LogP contribution is -2.29. The molecule has 0 radical (unpaired) electrons. The predicted molar refractivity (Wildman–Crippen MR) is 69.5 cm³/mol. The lowest BCUT2D eigenvalue weighted by Gasteiger charge is -2.22. The molecule has 1 aliphatic rings. The van der Waals surface area contributed by atoms with E-state index < -0.39 is 0 Å². The van der Waals surface area contributed by atoms with Crippen LogP contribution >= 0.6 is 11.3 Å². The Morgan fingerprint density at radius 2 is 2.50 bits per heavy atom. The number of nitrogens with one attached hydrogen (secondary N) is 1. The molecular formula is C12H16N4OS. The van der Waals surface area contributed by atoms with Crippen LogP contribution in [0.3, 0.4) is 0 Å². The van der Waals surface area contributed by atoms with Crippen molar-refractivity contribution >= 4 is 11.3 Å². The minimum atomic E-state index is 0.0238. The Kier molecular flexibility index (Phi) is 3.13. The first kappa shape index (κ1) is 11.8. The van der Waals surface area contributed by atoms with Crippen LogP contribution in [0.4, 0.5) is 0 Å². The zero-order chi connectivity index (χ0) is 12.4. The van der Waals surface area contributed by atoms with Crippen LogP contribution in [0.1, 0.15) is 32.1 Å². The van der Waals surface area contributed by atoms with Crippen molar-refractivity contribution in [2.24, 2.45) is 0 Å². The molecule has 3 heterocycles. The first-order chi connectivity index (χ1) is 8.84. The fraction of sp³-hybridized carbons (Fsp3) is 0.583. The molecule has 0 aliphatic carbocycles. The highest BCUT2D eigenvalue weighted by atomic mass is 32.1. The van der Waals surface area contributed by atoms with Crippen LogP contribution in [-0.4, -0.2) is 28.2 Å². The van der Waals surface area contributed by atoms with Crippen LogP contribution in [0.25, 0.3) is 11.5 Å². The molecule has 0 saturated carbocycles. The van der Waals surface area contributed by atoms with E-state index in [2.05, 4.69) is 27.4 Å². The monoisotopic (exact) mass is 264 g/mol. The van der Waals surface area contributed by atoms with Crippen molar-refractivity contribution in [3.05, 3.63) is 16.8 Å². The summed E-state index contributed by atoms with van der Waals surface area (Å²) < 4.78 is 5.49. The van der Waals surface area contributed by atoms with Crippen LogP contribution in [0.15, 0.2) is 15.4 Å². The molecule has 1 saturated heterocycles. The second-order valence-corrected chi connectivity index (χ2v) is 5.47. The third kappa shape index (κ3) is 1.95. The first-order valence-corrected chi connectivity index (χ1v) is 7.22. The van der Waals surface area contributed by atoms with E-state index in [1.807, 2.05) is 5.38 Å². The van der Waals surface area contributed by atoms with Crippen LogP contribution in [-0.2, 0) is 5.41 Å². The topological polar surface area (TPSA) is 63.8 Å². The van der Waals surface area contributed by atoms with Crippen LogP contribution in [0, 0.1) is 0 Å². The smallest absolute Gasteiger partial charge is 0.234 e. The Labute approximate surface area is 110 Å². The average Bonchev–Trinajstić information content (AvgIpc) is 3.11.